The average molecular weight is 276 g/mol. The second-order valence-corrected chi connectivity index (χ2v) is 5.40. The number of carbonyl (C=O) groups is 2. The van der Waals surface area contributed by atoms with E-state index in [1.807, 2.05) is 19.1 Å². The minimum Gasteiger partial charge on any atom is -0.453 e. The van der Waals surface area contributed by atoms with Crippen molar-refractivity contribution in [3.05, 3.63) is 35.4 Å². The zero-order chi connectivity index (χ0) is 14.6. The second kappa shape index (κ2) is 5.94. The smallest absolute Gasteiger partial charge is 0.407 e. The van der Waals surface area contributed by atoms with Crippen LogP contribution in [0.5, 0.6) is 0 Å². The van der Waals surface area contributed by atoms with Gasteiger partial charge >= 0.3 is 6.09 Å². The topological polar surface area (TPSA) is 67.4 Å². The summed E-state index contributed by atoms with van der Waals surface area (Å²) in [6, 6.07) is 8.30. The van der Waals surface area contributed by atoms with Crippen LogP contribution in [0, 0.1) is 0 Å². The number of alkyl carbamates (subject to hydrolysis) is 1. The molecule has 0 bridgehead atoms. The number of fused-ring (bicyclic) bond motifs is 1. The normalized spacial score (nSPS) is 20.7. The molecule has 0 saturated heterocycles. The molecule has 108 valence electrons. The van der Waals surface area contributed by atoms with Gasteiger partial charge in [-0.15, -0.1) is 0 Å². The molecule has 5 heteroatoms. The van der Waals surface area contributed by atoms with Crippen LogP contribution in [0.4, 0.5) is 4.79 Å². The molecule has 0 aliphatic heterocycles. The van der Waals surface area contributed by atoms with Crippen LogP contribution in [0.3, 0.4) is 0 Å². The van der Waals surface area contributed by atoms with Crippen molar-refractivity contribution in [2.75, 3.05) is 13.7 Å². The number of amides is 2. The highest BCUT2D eigenvalue weighted by Crippen LogP contribution is 2.28. The van der Waals surface area contributed by atoms with Crippen LogP contribution < -0.4 is 10.6 Å². The van der Waals surface area contributed by atoms with Crippen LogP contribution in [0.2, 0.25) is 0 Å². The summed E-state index contributed by atoms with van der Waals surface area (Å²) in [5.74, 6) is -0.197. The molecule has 0 fully saturated rings. The van der Waals surface area contributed by atoms with Gasteiger partial charge in [0, 0.05) is 5.54 Å². The van der Waals surface area contributed by atoms with Crippen molar-refractivity contribution in [3.63, 3.8) is 0 Å². The van der Waals surface area contributed by atoms with Gasteiger partial charge in [0.05, 0.1) is 7.11 Å². The average Bonchev–Trinajstić information content (AvgIpc) is 2.44. The molecule has 0 unspecified atom stereocenters. The maximum absolute atomic E-state index is 11.9. The molecule has 1 aliphatic rings. The van der Waals surface area contributed by atoms with E-state index in [0.717, 1.165) is 19.3 Å². The third-order valence-corrected chi connectivity index (χ3v) is 3.66. The van der Waals surface area contributed by atoms with Gasteiger partial charge in [0.2, 0.25) is 5.91 Å². The Morgan fingerprint density at radius 1 is 1.30 bits per heavy atom. The summed E-state index contributed by atoms with van der Waals surface area (Å²) in [5, 5.41) is 5.39. The maximum Gasteiger partial charge on any atom is 0.407 e. The first-order valence-electron chi connectivity index (χ1n) is 6.72. The van der Waals surface area contributed by atoms with Crippen LogP contribution in [-0.2, 0) is 22.4 Å². The monoisotopic (exact) mass is 276 g/mol. The van der Waals surface area contributed by atoms with E-state index in [1.54, 1.807) is 0 Å². The lowest BCUT2D eigenvalue weighted by molar-refractivity contribution is -0.122. The van der Waals surface area contributed by atoms with E-state index in [0.29, 0.717) is 0 Å². The molecule has 2 N–H and O–H groups in total. The van der Waals surface area contributed by atoms with Gasteiger partial charge in [-0.25, -0.2) is 4.79 Å². The number of methoxy groups -OCH3 is 1. The molecule has 0 spiro atoms. The fourth-order valence-electron chi connectivity index (χ4n) is 2.61. The zero-order valence-electron chi connectivity index (χ0n) is 11.9. The summed E-state index contributed by atoms with van der Waals surface area (Å²) < 4.78 is 4.43. The highest BCUT2D eigenvalue weighted by atomic mass is 16.5. The van der Waals surface area contributed by atoms with Crippen molar-refractivity contribution in [1.29, 1.82) is 0 Å². The predicted molar refractivity (Wildman–Crippen MR) is 75.4 cm³/mol. The number of benzene rings is 1. The molecule has 1 aliphatic carbocycles. The van der Waals surface area contributed by atoms with Gasteiger partial charge in [-0.2, -0.15) is 0 Å². The van der Waals surface area contributed by atoms with Crippen molar-refractivity contribution < 1.29 is 14.3 Å². The van der Waals surface area contributed by atoms with Crippen LogP contribution >= 0.6 is 0 Å². The minimum absolute atomic E-state index is 0.0656. The van der Waals surface area contributed by atoms with Gasteiger partial charge in [-0.05, 0) is 37.3 Å². The molecular formula is C15H20N2O3. The summed E-state index contributed by atoms with van der Waals surface area (Å²) in [7, 11) is 1.27. The number of rotatable bonds is 3. The van der Waals surface area contributed by atoms with Gasteiger partial charge in [0.15, 0.2) is 0 Å². The van der Waals surface area contributed by atoms with Crippen LogP contribution in [0.1, 0.15) is 24.5 Å². The Morgan fingerprint density at radius 3 is 2.70 bits per heavy atom. The Hall–Kier alpha value is -2.04. The fraction of sp³-hybridized carbons (Fsp3) is 0.467. The molecule has 0 saturated carbocycles. The number of nitrogens with one attached hydrogen (secondary N) is 2. The van der Waals surface area contributed by atoms with E-state index in [4.69, 9.17) is 0 Å². The molecule has 1 aromatic rings. The first-order valence-corrected chi connectivity index (χ1v) is 6.72. The Labute approximate surface area is 118 Å². The van der Waals surface area contributed by atoms with Gasteiger partial charge in [-0.1, -0.05) is 24.3 Å². The quantitative estimate of drug-likeness (QED) is 0.877. The summed E-state index contributed by atoms with van der Waals surface area (Å²) in [4.78, 5) is 22.8. The van der Waals surface area contributed by atoms with E-state index in [-0.39, 0.29) is 18.0 Å². The molecular weight excluding hydrogens is 256 g/mol. The van der Waals surface area contributed by atoms with E-state index in [2.05, 4.69) is 27.5 Å². The maximum atomic E-state index is 11.9. The molecule has 5 nitrogen and oxygen atoms in total. The van der Waals surface area contributed by atoms with Gasteiger partial charge in [0.1, 0.15) is 6.54 Å². The van der Waals surface area contributed by atoms with Crippen molar-refractivity contribution >= 4 is 12.0 Å². The summed E-state index contributed by atoms with van der Waals surface area (Å²) in [6.45, 7) is 1.98. The van der Waals surface area contributed by atoms with E-state index in [9.17, 15) is 9.59 Å². The summed E-state index contributed by atoms with van der Waals surface area (Å²) in [5.41, 5.74) is 2.37. The largest absolute Gasteiger partial charge is 0.453 e. The van der Waals surface area contributed by atoms with Gasteiger partial charge in [0.25, 0.3) is 0 Å². The molecule has 0 aromatic heterocycles. The number of hydrogen-bond acceptors (Lipinski definition) is 3. The lowest BCUT2D eigenvalue weighted by Crippen LogP contribution is -2.52. The Kier molecular flexibility index (Phi) is 4.27. The van der Waals surface area contributed by atoms with Crippen molar-refractivity contribution in [3.8, 4) is 0 Å². The van der Waals surface area contributed by atoms with Crippen molar-refractivity contribution in [1.82, 2.24) is 10.6 Å². The molecule has 0 heterocycles. The predicted octanol–water partition coefficient (Wildman–Crippen LogP) is 1.41. The lowest BCUT2D eigenvalue weighted by Gasteiger charge is -2.35. The van der Waals surface area contributed by atoms with Crippen molar-refractivity contribution in [2.45, 2.75) is 31.7 Å². The number of carbonyl (C=O) groups excluding carboxylic acids is 2. The summed E-state index contributed by atoms with van der Waals surface area (Å²) in [6.07, 6.45) is 2.07. The highest BCUT2D eigenvalue weighted by molar-refractivity contribution is 5.82. The van der Waals surface area contributed by atoms with Crippen molar-refractivity contribution in [2.24, 2.45) is 0 Å². The first kappa shape index (κ1) is 14.4. The molecule has 1 aromatic carbocycles. The molecule has 1 atom stereocenters. The van der Waals surface area contributed by atoms with Gasteiger partial charge in [-0.3, -0.25) is 4.79 Å². The Morgan fingerprint density at radius 2 is 2.00 bits per heavy atom. The number of aryl methyl sites for hydroxylation is 1. The van der Waals surface area contributed by atoms with Crippen LogP contribution in [0.15, 0.2) is 24.3 Å². The lowest BCUT2D eigenvalue weighted by atomic mass is 9.79. The minimum atomic E-state index is -0.598. The van der Waals surface area contributed by atoms with E-state index < -0.39 is 6.09 Å². The molecule has 2 rings (SSSR count). The number of hydrogen-bond donors (Lipinski definition) is 2. The zero-order valence-corrected chi connectivity index (χ0v) is 11.9. The van der Waals surface area contributed by atoms with Gasteiger partial charge < -0.3 is 15.4 Å². The Balaban J connectivity index is 1.93. The standard InChI is InChI=1S/C15H20N2O3/c1-15(17-13(18)10-16-14(19)20-2)8-7-11-5-3-4-6-12(11)9-15/h3-6H,7-10H2,1-2H3,(H,16,19)(H,17,18)/t15-/m1/s1. The molecule has 20 heavy (non-hydrogen) atoms. The summed E-state index contributed by atoms with van der Waals surface area (Å²) >= 11 is 0. The fourth-order valence-corrected chi connectivity index (χ4v) is 2.61. The first-order chi connectivity index (χ1) is 9.52. The van der Waals surface area contributed by atoms with E-state index >= 15 is 0 Å². The SMILES string of the molecule is COC(=O)NCC(=O)N[C@]1(C)CCc2ccccc2C1. The number of ether oxygens (including phenoxy) is 1. The third kappa shape index (κ3) is 3.50. The van der Waals surface area contributed by atoms with Crippen LogP contribution in [0.25, 0.3) is 0 Å². The molecule has 2 amide bonds. The molecule has 0 radical (unpaired) electrons. The Bertz CT molecular complexity index is 516. The second-order valence-electron chi connectivity index (χ2n) is 5.40. The van der Waals surface area contributed by atoms with Crippen LogP contribution in [-0.4, -0.2) is 31.2 Å². The van der Waals surface area contributed by atoms with E-state index in [1.165, 1.54) is 18.2 Å². The highest BCUT2D eigenvalue weighted by Gasteiger charge is 2.31. The third-order valence-electron chi connectivity index (χ3n) is 3.66.